The number of aliphatic hydroxyl groups is 2. The monoisotopic (exact) mass is 315 g/mol. The smallest absolute Gasteiger partial charge is 0.140 e. The van der Waals surface area contributed by atoms with Gasteiger partial charge in [0.1, 0.15) is 11.6 Å². The van der Waals surface area contributed by atoms with Gasteiger partial charge in [-0.05, 0) is 31.9 Å². The van der Waals surface area contributed by atoms with Gasteiger partial charge in [0, 0.05) is 23.9 Å². The number of rotatable bonds is 4. The molecule has 2 N–H and O–H groups in total. The van der Waals surface area contributed by atoms with Crippen LogP contribution in [-0.4, -0.2) is 46.0 Å². The van der Waals surface area contributed by atoms with E-state index in [1.54, 1.807) is 0 Å². The van der Waals surface area contributed by atoms with Crippen molar-refractivity contribution in [2.75, 3.05) is 24.6 Å². The molecular formula is C18H25N3O2. The summed E-state index contributed by atoms with van der Waals surface area (Å²) in [6, 6.07) is 7.97. The number of anilines is 1. The van der Waals surface area contributed by atoms with Crippen LogP contribution in [0.1, 0.15) is 32.0 Å². The number of fused-ring (bicyclic) bond motifs is 1. The predicted octanol–water partition coefficient (Wildman–Crippen LogP) is 2.29. The lowest BCUT2D eigenvalue weighted by atomic mass is 9.73. The van der Waals surface area contributed by atoms with E-state index in [0.717, 1.165) is 48.4 Å². The van der Waals surface area contributed by atoms with Crippen molar-refractivity contribution in [2.24, 2.45) is 5.41 Å². The Hall–Kier alpha value is -1.72. The highest BCUT2D eigenvalue weighted by molar-refractivity contribution is 5.89. The van der Waals surface area contributed by atoms with Crippen LogP contribution in [0.3, 0.4) is 0 Å². The number of hydrogen-bond acceptors (Lipinski definition) is 5. The number of β-amino-alcohol motifs (C(OH)–C–C–N with tert-alkyl or cyclic N) is 1. The Bertz CT molecular complexity index is 691. The van der Waals surface area contributed by atoms with Crippen molar-refractivity contribution in [2.45, 2.75) is 39.2 Å². The van der Waals surface area contributed by atoms with E-state index >= 15 is 0 Å². The van der Waals surface area contributed by atoms with Crippen LogP contribution in [0.4, 0.5) is 5.82 Å². The predicted molar refractivity (Wildman–Crippen MR) is 91.5 cm³/mol. The molecule has 0 amide bonds. The quantitative estimate of drug-likeness (QED) is 0.906. The van der Waals surface area contributed by atoms with Crippen LogP contribution in [0.2, 0.25) is 0 Å². The molecule has 5 heteroatoms. The summed E-state index contributed by atoms with van der Waals surface area (Å²) in [5.74, 6) is 1.62. The minimum Gasteiger partial charge on any atom is -0.396 e. The fourth-order valence-electron chi connectivity index (χ4n) is 3.68. The summed E-state index contributed by atoms with van der Waals surface area (Å²) in [5, 5.41) is 21.5. The average molecular weight is 315 g/mol. The number of benzene rings is 1. The van der Waals surface area contributed by atoms with Crippen molar-refractivity contribution in [3.05, 3.63) is 30.1 Å². The van der Waals surface area contributed by atoms with Gasteiger partial charge in [0.05, 0.1) is 18.2 Å². The first-order valence-corrected chi connectivity index (χ1v) is 8.37. The standard InChI is InChI=1S/C18H25N3O2/c1-3-8-18(12-22)9-10-21(11-16(18)23)17-14-6-4-5-7-15(14)19-13(2)20-17/h4-7,16,22-23H,3,8-12H2,1-2H3/t16-,18-/m1/s1. The number of aromatic nitrogens is 2. The van der Waals surface area contributed by atoms with Crippen LogP contribution >= 0.6 is 0 Å². The molecule has 1 aromatic heterocycles. The molecule has 0 unspecified atom stereocenters. The van der Waals surface area contributed by atoms with Crippen LogP contribution in [0, 0.1) is 12.3 Å². The van der Waals surface area contributed by atoms with Gasteiger partial charge in [-0.3, -0.25) is 0 Å². The van der Waals surface area contributed by atoms with Gasteiger partial charge in [-0.2, -0.15) is 0 Å². The number of hydrogen-bond donors (Lipinski definition) is 2. The molecule has 2 heterocycles. The SMILES string of the molecule is CCC[C@]1(CO)CCN(c2nc(C)nc3ccccc23)C[C@H]1O. The molecule has 0 radical (unpaired) electrons. The van der Waals surface area contributed by atoms with E-state index in [2.05, 4.69) is 21.8 Å². The van der Waals surface area contributed by atoms with Crippen molar-refractivity contribution in [3.63, 3.8) is 0 Å². The highest BCUT2D eigenvalue weighted by Gasteiger charge is 2.41. The van der Waals surface area contributed by atoms with Crippen molar-refractivity contribution in [1.82, 2.24) is 9.97 Å². The third-order valence-electron chi connectivity index (χ3n) is 5.04. The van der Waals surface area contributed by atoms with E-state index in [9.17, 15) is 10.2 Å². The molecule has 0 spiro atoms. The van der Waals surface area contributed by atoms with E-state index in [1.165, 1.54) is 0 Å². The highest BCUT2D eigenvalue weighted by atomic mass is 16.3. The molecule has 0 aliphatic carbocycles. The minimum atomic E-state index is -0.546. The van der Waals surface area contributed by atoms with E-state index < -0.39 is 6.10 Å². The van der Waals surface area contributed by atoms with Gasteiger partial charge in [-0.25, -0.2) is 9.97 Å². The number of aryl methyl sites for hydroxylation is 1. The number of aliphatic hydroxyl groups excluding tert-OH is 2. The third kappa shape index (κ3) is 2.91. The Morgan fingerprint density at radius 2 is 2.09 bits per heavy atom. The van der Waals surface area contributed by atoms with Gasteiger partial charge in [0.25, 0.3) is 0 Å². The molecule has 1 aromatic carbocycles. The summed E-state index contributed by atoms with van der Waals surface area (Å²) in [7, 11) is 0. The summed E-state index contributed by atoms with van der Waals surface area (Å²) >= 11 is 0. The first-order chi connectivity index (χ1) is 11.1. The van der Waals surface area contributed by atoms with Crippen LogP contribution in [-0.2, 0) is 0 Å². The number of para-hydroxylation sites is 1. The molecule has 1 fully saturated rings. The second-order valence-corrected chi connectivity index (χ2v) is 6.59. The summed E-state index contributed by atoms with van der Waals surface area (Å²) in [6.45, 7) is 5.32. The van der Waals surface area contributed by atoms with Crippen LogP contribution < -0.4 is 4.90 Å². The van der Waals surface area contributed by atoms with Crippen LogP contribution in [0.15, 0.2) is 24.3 Å². The van der Waals surface area contributed by atoms with Crippen LogP contribution in [0.25, 0.3) is 10.9 Å². The van der Waals surface area contributed by atoms with Gasteiger partial charge in [0.2, 0.25) is 0 Å². The Labute approximate surface area is 137 Å². The van der Waals surface area contributed by atoms with E-state index in [-0.39, 0.29) is 12.0 Å². The van der Waals surface area contributed by atoms with Gasteiger partial charge in [-0.15, -0.1) is 0 Å². The zero-order chi connectivity index (χ0) is 16.4. The molecule has 1 aliphatic rings. The fourth-order valence-corrected chi connectivity index (χ4v) is 3.68. The third-order valence-corrected chi connectivity index (χ3v) is 5.04. The summed E-state index contributed by atoms with van der Waals surface area (Å²) < 4.78 is 0. The minimum absolute atomic E-state index is 0.0411. The molecule has 1 saturated heterocycles. The van der Waals surface area contributed by atoms with Crippen molar-refractivity contribution in [3.8, 4) is 0 Å². The normalized spacial score (nSPS) is 25.0. The molecular weight excluding hydrogens is 290 g/mol. The maximum atomic E-state index is 10.7. The van der Waals surface area contributed by atoms with Gasteiger partial charge < -0.3 is 15.1 Å². The first kappa shape index (κ1) is 16.1. The number of nitrogens with zero attached hydrogens (tertiary/aromatic N) is 3. The lowest BCUT2D eigenvalue weighted by Crippen LogP contribution is -2.53. The molecule has 0 bridgehead atoms. The zero-order valence-corrected chi connectivity index (χ0v) is 13.9. The molecule has 1 aliphatic heterocycles. The maximum Gasteiger partial charge on any atom is 0.140 e. The fraction of sp³-hybridized carbons (Fsp3) is 0.556. The lowest BCUT2D eigenvalue weighted by molar-refractivity contribution is -0.0371. The zero-order valence-electron chi connectivity index (χ0n) is 13.9. The molecule has 23 heavy (non-hydrogen) atoms. The van der Waals surface area contributed by atoms with E-state index in [0.29, 0.717) is 6.54 Å². The van der Waals surface area contributed by atoms with Gasteiger partial charge in [0.15, 0.2) is 0 Å². The maximum absolute atomic E-state index is 10.7. The van der Waals surface area contributed by atoms with Crippen molar-refractivity contribution >= 4 is 16.7 Å². The second kappa shape index (κ2) is 6.42. The first-order valence-electron chi connectivity index (χ1n) is 8.37. The Balaban J connectivity index is 1.93. The van der Waals surface area contributed by atoms with Gasteiger partial charge in [-0.1, -0.05) is 25.5 Å². The molecule has 124 valence electrons. The summed E-state index contributed by atoms with van der Waals surface area (Å²) in [5.41, 5.74) is 0.556. The molecule has 2 aromatic rings. The summed E-state index contributed by atoms with van der Waals surface area (Å²) in [4.78, 5) is 11.2. The largest absolute Gasteiger partial charge is 0.396 e. The van der Waals surface area contributed by atoms with Crippen molar-refractivity contribution < 1.29 is 10.2 Å². The molecule has 0 saturated carbocycles. The Morgan fingerprint density at radius 1 is 1.30 bits per heavy atom. The summed E-state index contributed by atoms with van der Waals surface area (Å²) in [6.07, 6.45) is 2.04. The van der Waals surface area contributed by atoms with E-state index in [1.807, 2.05) is 31.2 Å². The second-order valence-electron chi connectivity index (χ2n) is 6.59. The molecule has 3 rings (SSSR count). The molecule has 2 atom stereocenters. The number of piperidine rings is 1. The lowest BCUT2D eigenvalue weighted by Gasteiger charge is -2.45. The Morgan fingerprint density at radius 3 is 2.78 bits per heavy atom. The average Bonchev–Trinajstić information content (AvgIpc) is 2.56. The highest BCUT2D eigenvalue weighted by Crippen LogP contribution is 2.38. The van der Waals surface area contributed by atoms with E-state index in [4.69, 9.17) is 0 Å². The Kier molecular flexibility index (Phi) is 4.50. The van der Waals surface area contributed by atoms with Crippen LogP contribution in [0.5, 0.6) is 0 Å². The van der Waals surface area contributed by atoms with Gasteiger partial charge >= 0.3 is 0 Å². The molecule has 5 nitrogen and oxygen atoms in total. The topological polar surface area (TPSA) is 69.5 Å². The van der Waals surface area contributed by atoms with Crippen molar-refractivity contribution in [1.29, 1.82) is 0 Å².